The standard InChI is InChI=1S/C29H29N5O4S/c1-37-26-9-11-28(38-2)29(14-26)39(35,36)34-17-23-12-22(15-30)8-10-27(23)33(18-24-16-31-20-32-24)19-25(34)13-21-6-4-3-5-7-21/h3-12,14,16,20,25H,13,17-19H2,1-2H3,(H,31,32)/t25-/m1/s1. The van der Waals surface area contributed by atoms with Crippen molar-refractivity contribution < 1.29 is 17.9 Å². The van der Waals surface area contributed by atoms with Gasteiger partial charge in [0.15, 0.2) is 0 Å². The fourth-order valence-electron chi connectivity index (χ4n) is 5.00. The van der Waals surface area contributed by atoms with Gasteiger partial charge in [-0.15, -0.1) is 0 Å². The number of methoxy groups -OCH3 is 2. The number of nitrogens with one attached hydrogen (secondary N) is 1. The van der Waals surface area contributed by atoms with Crippen LogP contribution in [-0.2, 0) is 29.5 Å². The zero-order valence-corrected chi connectivity index (χ0v) is 22.6. The van der Waals surface area contributed by atoms with E-state index < -0.39 is 16.1 Å². The molecule has 0 amide bonds. The fourth-order valence-corrected chi connectivity index (χ4v) is 6.77. The molecule has 1 N–H and O–H groups in total. The van der Waals surface area contributed by atoms with Crippen molar-refractivity contribution in [1.29, 1.82) is 5.26 Å². The van der Waals surface area contributed by atoms with Gasteiger partial charge in [-0.05, 0) is 47.9 Å². The van der Waals surface area contributed by atoms with Gasteiger partial charge in [0, 0.05) is 37.1 Å². The van der Waals surface area contributed by atoms with Crippen LogP contribution < -0.4 is 14.4 Å². The molecule has 3 aromatic carbocycles. The number of hydrogen-bond donors (Lipinski definition) is 1. The SMILES string of the molecule is COc1ccc(OC)c(S(=O)(=O)N2Cc3cc(C#N)ccc3N(Cc3c[nH]cn3)C[C@H]2Cc2ccccc2)c1. The van der Waals surface area contributed by atoms with Gasteiger partial charge < -0.3 is 19.4 Å². The molecule has 1 aromatic heterocycles. The van der Waals surface area contributed by atoms with Crippen molar-refractivity contribution in [3.8, 4) is 17.6 Å². The molecule has 0 saturated carbocycles. The van der Waals surface area contributed by atoms with Crippen LogP contribution in [0.3, 0.4) is 0 Å². The molecule has 10 heteroatoms. The van der Waals surface area contributed by atoms with Gasteiger partial charge in [-0.2, -0.15) is 9.57 Å². The topological polar surface area (TPSA) is 112 Å². The van der Waals surface area contributed by atoms with E-state index in [9.17, 15) is 13.7 Å². The van der Waals surface area contributed by atoms with Gasteiger partial charge in [0.25, 0.3) is 0 Å². The first-order valence-electron chi connectivity index (χ1n) is 12.5. The Kier molecular flexibility index (Phi) is 7.54. The van der Waals surface area contributed by atoms with Crippen LogP contribution in [0.5, 0.6) is 11.5 Å². The summed E-state index contributed by atoms with van der Waals surface area (Å²) >= 11 is 0. The Labute approximate surface area is 228 Å². The third-order valence-corrected chi connectivity index (χ3v) is 8.81. The predicted molar refractivity (Wildman–Crippen MR) is 147 cm³/mol. The zero-order valence-electron chi connectivity index (χ0n) is 21.7. The van der Waals surface area contributed by atoms with E-state index in [0.717, 1.165) is 22.5 Å². The van der Waals surface area contributed by atoms with Crippen molar-refractivity contribution in [2.45, 2.75) is 30.4 Å². The molecule has 0 radical (unpaired) electrons. The maximum absolute atomic E-state index is 14.5. The van der Waals surface area contributed by atoms with E-state index >= 15 is 0 Å². The molecule has 9 nitrogen and oxygen atoms in total. The van der Waals surface area contributed by atoms with Gasteiger partial charge in [-0.25, -0.2) is 13.4 Å². The molecule has 4 aromatic rings. The third kappa shape index (κ3) is 5.46. The average molecular weight is 544 g/mol. The number of ether oxygens (including phenoxy) is 2. The first-order chi connectivity index (χ1) is 18.9. The summed E-state index contributed by atoms with van der Waals surface area (Å²) in [7, 11) is -1.14. The lowest BCUT2D eigenvalue weighted by molar-refractivity contribution is 0.315. The summed E-state index contributed by atoms with van der Waals surface area (Å²) in [5.41, 5.74) is 3.92. The Morgan fingerprint density at radius 1 is 1.08 bits per heavy atom. The van der Waals surface area contributed by atoms with E-state index in [1.807, 2.05) is 42.6 Å². The number of hydrogen-bond acceptors (Lipinski definition) is 7. The van der Waals surface area contributed by atoms with Gasteiger partial charge in [0.1, 0.15) is 16.4 Å². The highest BCUT2D eigenvalue weighted by atomic mass is 32.2. The number of anilines is 1. The Morgan fingerprint density at radius 3 is 2.59 bits per heavy atom. The zero-order chi connectivity index (χ0) is 27.4. The lowest BCUT2D eigenvalue weighted by atomic mass is 10.1. The van der Waals surface area contributed by atoms with Crippen LogP contribution in [0.15, 0.2) is 84.1 Å². The lowest BCUT2D eigenvalue weighted by Crippen LogP contribution is -2.45. The minimum Gasteiger partial charge on any atom is -0.497 e. The summed E-state index contributed by atoms with van der Waals surface area (Å²) in [6, 6.07) is 21.8. The number of aromatic amines is 1. The molecule has 2 heterocycles. The minimum atomic E-state index is -4.08. The molecule has 5 rings (SSSR count). The summed E-state index contributed by atoms with van der Waals surface area (Å²) in [4.78, 5) is 9.56. The van der Waals surface area contributed by atoms with Gasteiger partial charge in [0.2, 0.25) is 10.0 Å². The largest absolute Gasteiger partial charge is 0.497 e. The van der Waals surface area contributed by atoms with E-state index in [-0.39, 0.29) is 17.2 Å². The van der Waals surface area contributed by atoms with E-state index in [0.29, 0.717) is 30.8 Å². The van der Waals surface area contributed by atoms with Gasteiger partial charge >= 0.3 is 0 Å². The molecule has 39 heavy (non-hydrogen) atoms. The first-order valence-corrected chi connectivity index (χ1v) is 13.9. The number of nitriles is 1. The molecule has 1 atom stereocenters. The van der Waals surface area contributed by atoms with Gasteiger partial charge in [0.05, 0.1) is 44.4 Å². The van der Waals surface area contributed by atoms with Crippen molar-refractivity contribution in [1.82, 2.24) is 14.3 Å². The molecule has 0 saturated heterocycles. The normalized spacial score (nSPS) is 15.7. The molecular formula is C29H29N5O4S. The molecular weight excluding hydrogens is 514 g/mol. The summed E-state index contributed by atoms with van der Waals surface area (Å²) in [6.07, 6.45) is 3.94. The van der Waals surface area contributed by atoms with Crippen LogP contribution in [-0.4, -0.2) is 49.5 Å². The fraction of sp³-hybridized carbons (Fsp3) is 0.241. The molecule has 0 aliphatic carbocycles. The highest BCUT2D eigenvalue weighted by Gasteiger charge is 2.38. The number of rotatable bonds is 8. The monoisotopic (exact) mass is 543 g/mol. The number of fused-ring (bicyclic) bond motifs is 1. The molecule has 200 valence electrons. The Morgan fingerprint density at radius 2 is 1.90 bits per heavy atom. The second-order valence-corrected chi connectivity index (χ2v) is 11.2. The third-order valence-electron chi connectivity index (χ3n) is 6.89. The maximum atomic E-state index is 14.5. The number of imidazole rings is 1. The number of benzene rings is 3. The Hall–Kier alpha value is -4.33. The van der Waals surface area contributed by atoms with Crippen LogP contribution in [0.2, 0.25) is 0 Å². The van der Waals surface area contributed by atoms with Crippen LogP contribution in [0.4, 0.5) is 5.69 Å². The minimum absolute atomic E-state index is 0.0288. The second kappa shape index (κ2) is 11.2. The van der Waals surface area contributed by atoms with Crippen molar-refractivity contribution in [3.05, 3.63) is 102 Å². The second-order valence-electron chi connectivity index (χ2n) is 9.31. The highest BCUT2D eigenvalue weighted by molar-refractivity contribution is 7.89. The van der Waals surface area contributed by atoms with E-state index in [1.165, 1.54) is 24.6 Å². The van der Waals surface area contributed by atoms with Crippen LogP contribution in [0.25, 0.3) is 0 Å². The lowest BCUT2D eigenvalue weighted by Gasteiger charge is -2.32. The molecule has 1 aliphatic rings. The number of sulfonamides is 1. The van der Waals surface area contributed by atoms with Crippen molar-refractivity contribution in [2.24, 2.45) is 0 Å². The average Bonchev–Trinajstić information content (AvgIpc) is 3.43. The highest BCUT2D eigenvalue weighted by Crippen LogP contribution is 2.37. The molecule has 0 bridgehead atoms. The molecule has 1 aliphatic heterocycles. The summed E-state index contributed by atoms with van der Waals surface area (Å²) in [6.45, 7) is 0.971. The Balaban J connectivity index is 1.66. The molecule has 0 spiro atoms. The summed E-state index contributed by atoms with van der Waals surface area (Å²) < 4.78 is 41.3. The van der Waals surface area contributed by atoms with E-state index in [2.05, 4.69) is 20.9 Å². The number of H-pyrrole nitrogens is 1. The van der Waals surface area contributed by atoms with Crippen molar-refractivity contribution in [2.75, 3.05) is 25.7 Å². The van der Waals surface area contributed by atoms with Crippen molar-refractivity contribution in [3.63, 3.8) is 0 Å². The predicted octanol–water partition coefficient (Wildman–Crippen LogP) is 4.12. The van der Waals surface area contributed by atoms with Crippen LogP contribution in [0, 0.1) is 11.3 Å². The maximum Gasteiger partial charge on any atom is 0.247 e. The van der Waals surface area contributed by atoms with Gasteiger partial charge in [-0.3, -0.25) is 0 Å². The van der Waals surface area contributed by atoms with Gasteiger partial charge in [-0.1, -0.05) is 30.3 Å². The van der Waals surface area contributed by atoms with Crippen molar-refractivity contribution >= 4 is 15.7 Å². The summed E-state index contributed by atoms with van der Waals surface area (Å²) in [5, 5.41) is 9.62. The quantitative estimate of drug-likeness (QED) is 0.356. The van der Waals surface area contributed by atoms with Crippen LogP contribution in [0.1, 0.15) is 22.4 Å². The molecule has 0 unspecified atom stereocenters. The number of aromatic nitrogens is 2. The summed E-state index contributed by atoms with van der Waals surface area (Å²) in [5.74, 6) is 0.647. The smallest absolute Gasteiger partial charge is 0.247 e. The molecule has 0 fully saturated rings. The number of nitrogens with zero attached hydrogens (tertiary/aromatic N) is 4. The Bertz CT molecular complexity index is 1580. The van der Waals surface area contributed by atoms with Crippen LogP contribution >= 0.6 is 0 Å². The first kappa shape index (κ1) is 26.3. The van der Waals surface area contributed by atoms with E-state index in [4.69, 9.17) is 9.47 Å². The van der Waals surface area contributed by atoms with E-state index in [1.54, 1.807) is 30.6 Å².